The van der Waals surface area contributed by atoms with Gasteiger partial charge in [0.2, 0.25) is 15.9 Å². The summed E-state index contributed by atoms with van der Waals surface area (Å²) in [4.78, 5) is 22.5. The lowest BCUT2D eigenvalue weighted by molar-refractivity contribution is -0.385. The summed E-state index contributed by atoms with van der Waals surface area (Å²) >= 11 is 0. The molecule has 1 aromatic carbocycles. The third-order valence-electron chi connectivity index (χ3n) is 4.76. The zero-order chi connectivity index (χ0) is 20.0. The first-order chi connectivity index (χ1) is 12.8. The number of carbonyl (C=O) groups excluding carboxylic acids is 1. The van der Waals surface area contributed by atoms with Crippen molar-refractivity contribution in [2.75, 3.05) is 26.2 Å². The molecule has 0 bridgehead atoms. The molecular formula is C17H26N4O5S. The van der Waals surface area contributed by atoms with Crippen LogP contribution in [-0.4, -0.2) is 49.7 Å². The van der Waals surface area contributed by atoms with Gasteiger partial charge in [0.05, 0.1) is 9.82 Å². The van der Waals surface area contributed by atoms with Crippen molar-refractivity contribution in [1.82, 2.24) is 9.62 Å². The third-order valence-corrected chi connectivity index (χ3v) is 6.80. The average molecular weight is 398 g/mol. The van der Waals surface area contributed by atoms with E-state index in [1.165, 1.54) is 16.4 Å². The van der Waals surface area contributed by atoms with Gasteiger partial charge in [0.1, 0.15) is 0 Å². The van der Waals surface area contributed by atoms with Gasteiger partial charge in [-0.15, -0.1) is 0 Å². The topological polar surface area (TPSA) is 136 Å². The Balaban J connectivity index is 2.01. The van der Waals surface area contributed by atoms with Crippen LogP contribution >= 0.6 is 0 Å². The molecule has 1 amide bonds. The summed E-state index contributed by atoms with van der Waals surface area (Å²) in [5, 5.41) is 13.8. The summed E-state index contributed by atoms with van der Waals surface area (Å²) in [6.07, 6.45) is 2.52. The highest BCUT2D eigenvalue weighted by Gasteiger charge is 2.33. The second-order valence-corrected chi connectivity index (χ2v) is 8.58. The van der Waals surface area contributed by atoms with E-state index in [-0.39, 0.29) is 35.5 Å². The highest BCUT2D eigenvalue weighted by molar-refractivity contribution is 7.89. The van der Waals surface area contributed by atoms with Crippen molar-refractivity contribution in [3.8, 4) is 0 Å². The summed E-state index contributed by atoms with van der Waals surface area (Å²) in [6.45, 7) is 3.19. The Morgan fingerprint density at radius 3 is 2.59 bits per heavy atom. The maximum Gasteiger partial charge on any atom is 0.270 e. The lowest BCUT2D eigenvalue weighted by Gasteiger charge is -2.30. The first-order valence-electron chi connectivity index (χ1n) is 9.00. The van der Waals surface area contributed by atoms with Crippen LogP contribution in [0.2, 0.25) is 0 Å². The molecule has 1 saturated heterocycles. The van der Waals surface area contributed by atoms with E-state index < -0.39 is 14.9 Å². The first kappa shape index (κ1) is 21.3. The molecule has 3 N–H and O–H groups in total. The van der Waals surface area contributed by atoms with Crippen LogP contribution in [0.25, 0.3) is 0 Å². The second kappa shape index (κ2) is 9.25. The Morgan fingerprint density at radius 1 is 1.33 bits per heavy atom. The maximum absolute atomic E-state index is 12.9. The number of aryl methyl sites for hydroxylation is 1. The van der Waals surface area contributed by atoms with E-state index in [2.05, 4.69) is 5.32 Å². The molecule has 150 valence electrons. The van der Waals surface area contributed by atoms with Crippen LogP contribution < -0.4 is 11.1 Å². The van der Waals surface area contributed by atoms with Crippen molar-refractivity contribution < 1.29 is 18.1 Å². The van der Waals surface area contributed by atoms with Crippen molar-refractivity contribution in [3.05, 3.63) is 33.9 Å². The van der Waals surface area contributed by atoms with E-state index >= 15 is 0 Å². The standard InChI is InChI=1S/C17H26N4O5S/c1-13-4-5-15(21(23)24)12-16(13)27(25,26)20-10-6-14(7-11-20)17(22)19-9-3-2-8-18/h4-5,12,14H,2-3,6-11,18H2,1H3,(H,19,22). The molecule has 1 aliphatic rings. The van der Waals surface area contributed by atoms with E-state index in [9.17, 15) is 23.3 Å². The van der Waals surface area contributed by atoms with E-state index in [0.717, 1.165) is 18.9 Å². The number of nitro groups is 1. The fourth-order valence-corrected chi connectivity index (χ4v) is 4.82. The van der Waals surface area contributed by atoms with E-state index in [1.807, 2.05) is 0 Å². The number of benzene rings is 1. The quantitative estimate of drug-likeness (QED) is 0.383. The number of piperidine rings is 1. The van der Waals surface area contributed by atoms with Crippen LogP contribution in [-0.2, 0) is 14.8 Å². The van der Waals surface area contributed by atoms with Crippen LogP contribution in [0.1, 0.15) is 31.2 Å². The zero-order valence-electron chi connectivity index (χ0n) is 15.4. The molecule has 1 fully saturated rings. The molecule has 0 aromatic heterocycles. The van der Waals surface area contributed by atoms with Crippen LogP contribution in [0.4, 0.5) is 5.69 Å². The molecule has 0 spiro atoms. The predicted octanol–water partition coefficient (Wildman–Crippen LogP) is 1.16. The first-order valence-corrected chi connectivity index (χ1v) is 10.4. The highest BCUT2D eigenvalue weighted by Crippen LogP contribution is 2.28. The van der Waals surface area contributed by atoms with Gasteiger partial charge in [-0.05, 0) is 44.7 Å². The number of rotatable bonds is 8. The molecule has 1 aliphatic heterocycles. The van der Waals surface area contributed by atoms with Gasteiger partial charge in [-0.3, -0.25) is 14.9 Å². The highest BCUT2D eigenvalue weighted by atomic mass is 32.2. The molecule has 0 aliphatic carbocycles. The van der Waals surface area contributed by atoms with E-state index in [4.69, 9.17) is 5.73 Å². The van der Waals surface area contributed by atoms with Crippen LogP contribution in [0.3, 0.4) is 0 Å². The Hall–Kier alpha value is -2.04. The van der Waals surface area contributed by atoms with Crippen molar-refractivity contribution in [2.45, 2.75) is 37.5 Å². The number of nitrogens with zero attached hydrogens (tertiary/aromatic N) is 2. The van der Waals surface area contributed by atoms with Crippen LogP contribution in [0.5, 0.6) is 0 Å². The van der Waals surface area contributed by atoms with Crippen LogP contribution in [0.15, 0.2) is 23.1 Å². The van der Waals surface area contributed by atoms with Gasteiger partial charge in [0.15, 0.2) is 0 Å². The third kappa shape index (κ3) is 5.24. The molecule has 1 heterocycles. The molecule has 2 rings (SSSR count). The van der Waals surface area contributed by atoms with Crippen molar-refractivity contribution >= 4 is 21.6 Å². The number of sulfonamides is 1. The Bertz CT molecular complexity index is 789. The molecule has 1 aromatic rings. The number of nitrogens with two attached hydrogens (primary N) is 1. The number of hydrogen-bond acceptors (Lipinski definition) is 6. The number of hydrogen-bond donors (Lipinski definition) is 2. The van der Waals surface area contributed by atoms with Gasteiger partial charge in [0.25, 0.3) is 5.69 Å². The van der Waals surface area contributed by atoms with Gasteiger partial charge in [-0.1, -0.05) is 6.07 Å². The Kier molecular flexibility index (Phi) is 7.28. The monoisotopic (exact) mass is 398 g/mol. The second-order valence-electron chi connectivity index (χ2n) is 6.67. The number of carbonyl (C=O) groups is 1. The minimum absolute atomic E-state index is 0.0543. The molecule has 9 nitrogen and oxygen atoms in total. The predicted molar refractivity (Wildman–Crippen MR) is 101 cm³/mol. The van der Waals surface area contributed by atoms with Gasteiger partial charge < -0.3 is 11.1 Å². The smallest absolute Gasteiger partial charge is 0.270 e. The Morgan fingerprint density at radius 2 is 2.00 bits per heavy atom. The average Bonchev–Trinajstić information content (AvgIpc) is 2.65. The van der Waals surface area contributed by atoms with Gasteiger partial charge in [-0.2, -0.15) is 4.31 Å². The molecule has 0 atom stereocenters. The molecular weight excluding hydrogens is 372 g/mol. The maximum atomic E-state index is 12.9. The number of nitro benzene ring substituents is 1. The number of non-ortho nitro benzene ring substituents is 1. The SMILES string of the molecule is Cc1ccc([N+](=O)[O-])cc1S(=O)(=O)N1CCC(C(=O)NCCCCN)CC1. The van der Waals surface area contributed by atoms with E-state index in [1.54, 1.807) is 6.92 Å². The van der Waals surface area contributed by atoms with Crippen molar-refractivity contribution in [3.63, 3.8) is 0 Å². The fourth-order valence-electron chi connectivity index (χ4n) is 3.10. The summed E-state index contributed by atoms with van der Waals surface area (Å²) in [5.74, 6) is -0.281. The fraction of sp³-hybridized carbons (Fsp3) is 0.588. The molecule has 0 unspecified atom stereocenters. The van der Waals surface area contributed by atoms with Gasteiger partial charge >= 0.3 is 0 Å². The molecule has 0 saturated carbocycles. The number of amides is 1. The Labute approximate surface area is 159 Å². The normalized spacial score (nSPS) is 16.2. The number of unbranched alkanes of at least 4 members (excludes halogenated alkanes) is 1. The van der Waals surface area contributed by atoms with Gasteiger partial charge in [-0.25, -0.2) is 8.42 Å². The van der Waals surface area contributed by atoms with Crippen molar-refractivity contribution in [2.24, 2.45) is 11.7 Å². The lowest BCUT2D eigenvalue weighted by atomic mass is 9.97. The minimum Gasteiger partial charge on any atom is -0.356 e. The van der Waals surface area contributed by atoms with E-state index in [0.29, 0.717) is 31.5 Å². The zero-order valence-corrected chi connectivity index (χ0v) is 16.2. The molecule has 27 heavy (non-hydrogen) atoms. The van der Waals surface area contributed by atoms with Crippen molar-refractivity contribution in [1.29, 1.82) is 0 Å². The summed E-state index contributed by atoms with van der Waals surface area (Å²) in [5.41, 5.74) is 5.62. The lowest BCUT2D eigenvalue weighted by Crippen LogP contribution is -2.43. The summed E-state index contributed by atoms with van der Waals surface area (Å²) in [6, 6.07) is 3.82. The largest absolute Gasteiger partial charge is 0.356 e. The molecule has 10 heteroatoms. The van der Waals surface area contributed by atoms with Gasteiger partial charge in [0, 0.05) is 37.7 Å². The minimum atomic E-state index is -3.84. The summed E-state index contributed by atoms with van der Waals surface area (Å²) < 4.78 is 27.1. The van der Waals surface area contributed by atoms with Crippen LogP contribution in [0, 0.1) is 23.0 Å². The molecule has 0 radical (unpaired) electrons. The number of nitrogens with one attached hydrogen (secondary N) is 1. The summed E-state index contributed by atoms with van der Waals surface area (Å²) in [7, 11) is -3.84.